The van der Waals surface area contributed by atoms with Crippen molar-refractivity contribution in [2.45, 2.75) is 38.9 Å². The first-order valence-corrected chi connectivity index (χ1v) is 4.07. The van der Waals surface area contributed by atoms with Crippen LogP contribution in [0.3, 0.4) is 0 Å². The highest BCUT2D eigenvalue weighted by atomic mass is 19.1. The van der Waals surface area contributed by atoms with E-state index in [1.165, 1.54) is 0 Å². The lowest BCUT2D eigenvalue weighted by Crippen LogP contribution is -2.29. The number of halogens is 1. The quantitative estimate of drug-likeness (QED) is 0.624. The second-order valence-electron chi connectivity index (χ2n) is 3.49. The molecule has 0 aromatic rings. The van der Waals surface area contributed by atoms with E-state index in [-0.39, 0.29) is 6.04 Å². The molecule has 0 saturated carbocycles. The third-order valence-corrected chi connectivity index (χ3v) is 1.99. The van der Waals surface area contributed by atoms with Gasteiger partial charge in [-0.3, -0.25) is 0 Å². The van der Waals surface area contributed by atoms with E-state index in [9.17, 15) is 4.39 Å². The van der Waals surface area contributed by atoms with Gasteiger partial charge in [0.25, 0.3) is 0 Å². The standard InChI is InChI=1S/C8H16FN/c1-6(2)5-8-7(9)3-4-10-8/h6-8,10H,3-5H2,1-2H3. The summed E-state index contributed by atoms with van der Waals surface area (Å²) in [6.45, 7) is 5.12. The van der Waals surface area contributed by atoms with Crippen molar-refractivity contribution in [2.75, 3.05) is 6.54 Å². The lowest BCUT2D eigenvalue weighted by atomic mass is 10.0. The maximum Gasteiger partial charge on any atom is 0.117 e. The van der Waals surface area contributed by atoms with Gasteiger partial charge in [0.1, 0.15) is 6.17 Å². The third-order valence-electron chi connectivity index (χ3n) is 1.99. The van der Waals surface area contributed by atoms with Crippen molar-refractivity contribution >= 4 is 0 Å². The normalized spacial score (nSPS) is 33.6. The Kier molecular flexibility index (Phi) is 2.66. The molecular weight excluding hydrogens is 129 g/mol. The van der Waals surface area contributed by atoms with Gasteiger partial charge in [0, 0.05) is 6.04 Å². The molecule has 1 aliphatic heterocycles. The first-order chi connectivity index (χ1) is 4.70. The van der Waals surface area contributed by atoms with Crippen LogP contribution in [0.2, 0.25) is 0 Å². The zero-order chi connectivity index (χ0) is 7.56. The molecule has 60 valence electrons. The molecule has 1 saturated heterocycles. The molecule has 2 unspecified atom stereocenters. The molecule has 0 radical (unpaired) electrons. The van der Waals surface area contributed by atoms with Crippen molar-refractivity contribution in [3.05, 3.63) is 0 Å². The maximum atomic E-state index is 12.9. The average molecular weight is 145 g/mol. The minimum atomic E-state index is -0.595. The molecular formula is C8H16FN. The molecule has 0 spiro atoms. The van der Waals surface area contributed by atoms with E-state index in [0.717, 1.165) is 13.0 Å². The number of hydrogen-bond donors (Lipinski definition) is 1. The summed E-state index contributed by atoms with van der Waals surface area (Å²) in [5, 5.41) is 3.16. The fraction of sp³-hybridized carbons (Fsp3) is 1.00. The van der Waals surface area contributed by atoms with E-state index >= 15 is 0 Å². The minimum Gasteiger partial charge on any atom is -0.311 e. The molecule has 1 aliphatic rings. The smallest absolute Gasteiger partial charge is 0.117 e. The van der Waals surface area contributed by atoms with Crippen LogP contribution in [0.4, 0.5) is 4.39 Å². The van der Waals surface area contributed by atoms with Gasteiger partial charge in [-0.1, -0.05) is 13.8 Å². The summed E-state index contributed by atoms with van der Waals surface area (Å²) in [7, 11) is 0. The first-order valence-electron chi connectivity index (χ1n) is 4.07. The van der Waals surface area contributed by atoms with Crippen LogP contribution in [0, 0.1) is 5.92 Å². The van der Waals surface area contributed by atoms with Gasteiger partial charge in [-0.15, -0.1) is 0 Å². The van der Waals surface area contributed by atoms with Crippen LogP contribution >= 0.6 is 0 Å². The summed E-state index contributed by atoms with van der Waals surface area (Å²) in [4.78, 5) is 0. The molecule has 0 amide bonds. The van der Waals surface area contributed by atoms with Gasteiger partial charge < -0.3 is 5.32 Å². The summed E-state index contributed by atoms with van der Waals surface area (Å²) >= 11 is 0. The molecule has 1 heterocycles. The molecule has 0 aromatic carbocycles. The molecule has 10 heavy (non-hydrogen) atoms. The van der Waals surface area contributed by atoms with E-state index in [4.69, 9.17) is 0 Å². The van der Waals surface area contributed by atoms with Crippen LogP contribution in [0.25, 0.3) is 0 Å². The van der Waals surface area contributed by atoms with E-state index in [1.807, 2.05) is 0 Å². The van der Waals surface area contributed by atoms with Gasteiger partial charge in [-0.25, -0.2) is 4.39 Å². The lowest BCUT2D eigenvalue weighted by molar-refractivity contribution is 0.275. The molecule has 0 aliphatic carbocycles. The highest BCUT2D eigenvalue weighted by Gasteiger charge is 2.26. The zero-order valence-corrected chi connectivity index (χ0v) is 6.73. The molecule has 0 bridgehead atoms. The van der Waals surface area contributed by atoms with Gasteiger partial charge in [-0.2, -0.15) is 0 Å². The fourth-order valence-corrected chi connectivity index (χ4v) is 1.47. The van der Waals surface area contributed by atoms with Crippen molar-refractivity contribution in [1.82, 2.24) is 5.32 Å². The lowest BCUT2D eigenvalue weighted by Gasteiger charge is -2.14. The summed E-state index contributed by atoms with van der Waals surface area (Å²) < 4.78 is 12.9. The van der Waals surface area contributed by atoms with Gasteiger partial charge in [0.15, 0.2) is 0 Å². The summed E-state index contributed by atoms with van der Waals surface area (Å²) in [5.74, 6) is 0.605. The second-order valence-corrected chi connectivity index (χ2v) is 3.49. The molecule has 1 fully saturated rings. The summed E-state index contributed by atoms with van der Waals surface area (Å²) in [6, 6.07) is 0.139. The van der Waals surface area contributed by atoms with Crippen LogP contribution in [0.5, 0.6) is 0 Å². The van der Waals surface area contributed by atoms with E-state index in [0.29, 0.717) is 12.3 Å². The highest BCUT2D eigenvalue weighted by Crippen LogP contribution is 2.17. The number of rotatable bonds is 2. The SMILES string of the molecule is CC(C)CC1NCCC1F. The van der Waals surface area contributed by atoms with Crippen molar-refractivity contribution in [1.29, 1.82) is 0 Å². The Bertz CT molecular complexity index is 103. The third kappa shape index (κ3) is 1.94. The Morgan fingerprint density at radius 3 is 2.70 bits per heavy atom. The Balaban J connectivity index is 2.26. The van der Waals surface area contributed by atoms with Crippen LogP contribution in [0.1, 0.15) is 26.7 Å². The van der Waals surface area contributed by atoms with Crippen LogP contribution < -0.4 is 5.32 Å². The Hall–Kier alpha value is -0.110. The predicted octanol–water partition coefficient (Wildman–Crippen LogP) is 1.73. The maximum absolute atomic E-state index is 12.9. The highest BCUT2D eigenvalue weighted by molar-refractivity contribution is 4.83. The van der Waals surface area contributed by atoms with Crippen molar-refractivity contribution in [3.63, 3.8) is 0 Å². The topological polar surface area (TPSA) is 12.0 Å². The number of hydrogen-bond acceptors (Lipinski definition) is 1. The molecule has 0 aromatic heterocycles. The molecule has 1 nitrogen and oxygen atoms in total. The monoisotopic (exact) mass is 145 g/mol. The number of alkyl halides is 1. The number of nitrogens with one attached hydrogen (secondary N) is 1. The second kappa shape index (κ2) is 3.33. The first kappa shape index (κ1) is 7.99. The van der Waals surface area contributed by atoms with Gasteiger partial charge >= 0.3 is 0 Å². The predicted molar refractivity (Wildman–Crippen MR) is 40.8 cm³/mol. The fourth-order valence-electron chi connectivity index (χ4n) is 1.47. The van der Waals surface area contributed by atoms with E-state index in [1.54, 1.807) is 0 Å². The Morgan fingerprint density at radius 2 is 2.30 bits per heavy atom. The Morgan fingerprint density at radius 1 is 1.60 bits per heavy atom. The van der Waals surface area contributed by atoms with Crippen molar-refractivity contribution < 1.29 is 4.39 Å². The minimum absolute atomic E-state index is 0.139. The van der Waals surface area contributed by atoms with Crippen LogP contribution in [0.15, 0.2) is 0 Å². The molecule has 1 rings (SSSR count). The molecule has 2 heteroatoms. The van der Waals surface area contributed by atoms with Gasteiger partial charge in [0.2, 0.25) is 0 Å². The zero-order valence-electron chi connectivity index (χ0n) is 6.73. The van der Waals surface area contributed by atoms with Crippen molar-refractivity contribution in [3.8, 4) is 0 Å². The van der Waals surface area contributed by atoms with Gasteiger partial charge in [0.05, 0.1) is 0 Å². The van der Waals surface area contributed by atoms with E-state index < -0.39 is 6.17 Å². The summed E-state index contributed by atoms with van der Waals surface area (Å²) in [6.07, 6.45) is 1.08. The van der Waals surface area contributed by atoms with Crippen LogP contribution in [-0.4, -0.2) is 18.8 Å². The Labute approximate surface area is 62.0 Å². The van der Waals surface area contributed by atoms with Crippen molar-refractivity contribution in [2.24, 2.45) is 5.92 Å². The van der Waals surface area contributed by atoms with E-state index in [2.05, 4.69) is 19.2 Å². The largest absolute Gasteiger partial charge is 0.311 e. The molecule has 2 atom stereocenters. The molecule has 1 N–H and O–H groups in total. The van der Waals surface area contributed by atoms with Crippen LogP contribution in [-0.2, 0) is 0 Å². The summed E-state index contributed by atoms with van der Waals surface area (Å²) in [5.41, 5.74) is 0. The van der Waals surface area contributed by atoms with Gasteiger partial charge in [-0.05, 0) is 25.3 Å². The average Bonchev–Trinajstić information content (AvgIpc) is 2.15.